The number of carbonyl (C=O) groups excluding carboxylic acids is 2. The van der Waals surface area contributed by atoms with Crippen LogP contribution in [0, 0.1) is 5.92 Å². The van der Waals surface area contributed by atoms with Crippen molar-refractivity contribution < 1.29 is 19.1 Å². The van der Waals surface area contributed by atoms with Crippen LogP contribution in [0.25, 0.3) is 5.69 Å². The molecule has 3 aromatic rings. The quantitative estimate of drug-likeness (QED) is 0.592. The van der Waals surface area contributed by atoms with E-state index in [1.54, 1.807) is 10.7 Å². The number of hydrogen-bond donors (Lipinski definition) is 1. The molecule has 0 bridgehead atoms. The van der Waals surface area contributed by atoms with Crippen molar-refractivity contribution in [3.05, 3.63) is 65.9 Å². The molecule has 1 aromatic heterocycles. The number of nitrogens with zero attached hydrogens (tertiary/aromatic N) is 4. The monoisotopic (exact) mass is 473 g/mol. The van der Waals surface area contributed by atoms with Crippen LogP contribution in [0.15, 0.2) is 54.6 Å². The number of hydrogen-bond acceptors (Lipinski definition) is 6. The van der Waals surface area contributed by atoms with E-state index >= 15 is 0 Å². The maximum absolute atomic E-state index is 13.3. The first kappa shape index (κ1) is 21.7. The molecule has 180 valence electrons. The Bertz CT molecular complexity index is 1250. The third-order valence-electron chi connectivity index (χ3n) is 6.63. The normalized spacial score (nSPS) is 17.4. The molecule has 1 saturated carbocycles. The van der Waals surface area contributed by atoms with E-state index in [0.29, 0.717) is 24.6 Å². The van der Waals surface area contributed by atoms with Crippen LogP contribution in [0.1, 0.15) is 28.9 Å². The molecule has 0 unspecified atom stereocenters. The Balaban J connectivity index is 1.13. The molecule has 2 fully saturated rings. The summed E-state index contributed by atoms with van der Waals surface area (Å²) < 4.78 is 12.5. The third-order valence-corrected chi connectivity index (χ3v) is 6.63. The Kier molecular flexibility index (Phi) is 5.61. The van der Waals surface area contributed by atoms with Crippen LogP contribution in [-0.4, -0.2) is 64.4 Å². The predicted octanol–water partition coefficient (Wildman–Crippen LogP) is 2.91. The number of para-hydroxylation sites is 1. The molecule has 2 amide bonds. The fraction of sp³-hybridized carbons (Fsp3) is 0.346. The van der Waals surface area contributed by atoms with E-state index in [9.17, 15) is 9.59 Å². The van der Waals surface area contributed by atoms with Crippen molar-refractivity contribution in [2.75, 3.05) is 38.3 Å². The second-order valence-corrected chi connectivity index (χ2v) is 9.18. The van der Waals surface area contributed by atoms with Gasteiger partial charge in [-0.2, -0.15) is 5.10 Å². The first-order valence-electron chi connectivity index (χ1n) is 12.0. The van der Waals surface area contributed by atoms with E-state index in [-0.39, 0.29) is 24.5 Å². The second-order valence-electron chi connectivity index (χ2n) is 9.18. The molecule has 0 spiro atoms. The average molecular weight is 474 g/mol. The van der Waals surface area contributed by atoms with Gasteiger partial charge in [-0.3, -0.25) is 14.5 Å². The van der Waals surface area contributed by atoms with Gasteiger partial charge in [0.05, 0.1) is 5.69 Å². The minimum Gasteiger partial charge on any atom is -0.454 e. The minimum absolute atomic E-state index is 0.0155. The molecule has 3 heterocycles. The van der Waals surface area contributed by atoms with Gasteiger partial charge in [-0.15, -0.1) is 0 Å². The second kappa shape index (κ2) is 9.07. The fourth-order valence-electron chi connectivity index (χ4n) is 4.48. The number of carbonyl (C=O) groups is 2. The van der Waals surface area contributed by atoms with Crippen molar-refractivity contribution >= 4 is 17.6 Å². The van der Waals surface area contributed by atoms with Crippen LogP contribution in [0.3, 0.4) is 0 Å². The first-order chi connectivity index (χ1) is 17.1. The average Bonchev–Trinajstić information content (AvgIpc) is 3.50. The molecule has 2 aromatic carbocycles. The van der Waals surface area contributed by atoms with Gasteiger partial charge < -0.3 is 19.7 Å². The highest BCUT2D eigenvalue weighted by Gasteiger charge is 2.31. The molecular weight excluding hydrogens is 446 g/mol. The molecule has 6 rings (SSSR count). The molecule has 3 aliphatic rings. The van der Waals surface area contributed by atoms with E-state index in [2.05, 4.69) is 21.4 Å². The van der Waals surface area contributed by atoms with Crippen LogP contribution in [0.2, 0.25) is 0 Å². The Morgan fingerprint density at radius 2 is 1.71 bits per heavy atom. The topological polar surface area (TPSA) is 88.9 Å². The van der Waals surface area contributed by atoms with E-state index in [0.717, 1.165) is 55.2 Å². The summed E-state index contributed by atoms with van der Waals surface area (Å²) in [6, 6.07) is 17.3. The summed E-state index contributed by atoms with van der Waals surface area (Å²) in [6.45, 7) is 3.83. The number of amides is 2. The maximum atomic E-state index is 13.3. The van der Waals surface area contributed by atoms with Gasteiger partial charge in [-0.05, 0) is 42.7 Å². The predicted molar refractivity (Wildman–Crippen MR) is 129 cm³/mol. The van der Waals surface area contributed by atoms with Crippen molar-refractivity contribution in [3.63, 3.8) is 0 Å². The van der Waals surface area contributed by atoms with Crippen molar-refractivity contribution in [1.82, 2.24) is 19.6 Å². The minimum atomic E-state index is -0.121. The zero-order chi connectivity index (χ0) is 23.8. The van der Waals surface area contributed by atoms with E-state index in [4.69, 9.17) is 9.47 Å². The smallest absolute Gasteiger partial charge is 0.274 e. The highest BCUT2D eigenvalue weighted by molar-refractivity contribution is 5.97. The summed E-state index contributed by atoms with van der Waals surface area (Å²) in [5, 5.41) is 7.54. The van der Waals surface area contributed by atoms with Gasteiger partial charge in [0.25, 0.3) is 5.91 Å². The molecule has 9 heteroatoms. The molecule has 0 radical (unpaired) electrons. The number of fused-ring (bicyclic) bond motifs is 1. The van der Waals surface area contributed by atoms with E-state index < -0.39 is 0 Å². The van der Waals surface area contributed by atoms with Crippen LogP contribution >= 0.6 is 0 Å². The van der Waals surface area contributed by atoms with Gasteiger partial charge in [0.15, 0.2) is 17.2 Å². The lowest BCUT2D eigenvalue weighted by atomic mass is 10.1. The Morgan fingerprint density at radius 3 is 2.49 bits per heavy atom. The van der Waals surface area contributed by atoms with Gasteiger partial charge in [-0.1, -0.05) is 24.3 Å². The molecule has 1 saturated heterocycles. The number of ether oxygens (including phenoxy) is 2. The molecule has 2 aliphatic heterocycles. The van der Waals surface area contributed by atoms with Crippen LogP contribution in [-0.2, 0) is 11.3 Å². The summed E-state index contributed by atoms with van der Waals surface area (Å²) in [5.41, 5.74) is 2.29. The Morgan fingerprint density at radius 1 is 0.943 bits per heavy atom. The van der Waals surface area contributed by atoms with Crippen LogP contribution in [0.4, 0.5) is 5.82 Å². The van der Waals surface area contributed by atoms with E-state index in [1.807, 2.05) is 47.4 Å². The largest absolute Gasteiger partial charge is 0.454 e. The summed E-state index contributed by atoms with van der Waals surface area (Å²) in [7, 11) is 0. The molecule has 35 heavy (non-hydrogen) atoms. The number of nitrogens with one attached hydrogen (secondary N) is 1. The molecule has 1 N–H and O–H groups in total. The lowest BCUT2D eigenvalue weighted by Crippen LogP contribution is -2.48. The van der Waals surface area contributed by atoms with Gasteiger partial charge in [0.1, 0.15) is 5.82 Å². The number of rotatable bonds is 6. The maximum Gasteiger partial charge on any atom is 0.274 e. The summed E-state index contributed by atoms with van der Waals surface area (Å²) in [5.74, 6) is 2.02. The van der Waals surface area contributed by atoms with Crippen molar-refractivity contribution in [2.24, 2.45) is 5.92 Å². The highest BCUT2D eigenvalue weighted by Crippen LogP contribution is 2.33. The Hall–Kier alpha value is -3.85. The Labute approximate surface area is 203 Å². The zero-order valence-electron chi connectivity index (χ0n) is 19.4. The SMILES string of the molecule is O=C(Nc1cc(C(=O)N2CCN(Cc3ccc4c(c3)OCO4)CC2)nn1-c1ccccc1)C1CC1. The number of anilines is 1. The standard InChI is InChI=1S/C26H27N5O4/c32-25(19-7-8-19)27-24-15-21(28-31(24)20-4-2-1-3-5-20)26(33)30-12-10-29(11-13-30)16-18-6-9-22-23(14-18)35-17-34-22/h1-6,9,14-15,19H,7-8,10-13,16-17H2,(H,27,32). The molecule has 1 aliphatic carbocycles. The van der Waals surface area contributed by atoms with Gasteiger partial charge >= 0.3 is 0 Å². The zero-order valence-corrected chi connectivity index (χ0v) is 19.4. The van der Waals surface area contributed by atoms with Crippen molar-refractivity contribution in [2.45, 2.75) is 19.4 Å². The number of benzene rings is 2. The lowest BCUT2D eigenvalue weighted by Gasteiger charge is -2.34. The molecular formula is C26H27N5O4. The number of piperazine rings is 1. The number of aromatic nitrogens is 2. The highest BCUT2D eigenvalue weighted by atomic mass is 16.7. The van der Waals surface area contributed by atoms with Gasteiger partial charge in [-0.25, -0.2) is 4.68 Å². The molecule has 0 atom stereocenters. The summed E-state index contributed by atoms with van der Waals surface area (Å²) in [6.07, 6.45) is 1.82. The van der Waals surface area contributed by atoms with Gasteiger partial charge in [0, 0.05) is 44.7 Å². The van der Waals surface area contributed by atoms with Crippen molar-refractivity contribution in [1.29, 1.82) is 0 Å². The van der Waals surface area contributed by atoms with Crippen LogP contribution < -0.4 is 14.8 Å². The van der Waals surface area contributed by atoms with Gasteiger partial charge in [0.2, 0.25) is 12.7 Å². The molecule has 9 nitrogen and oxygen atoms in total. The fourth-order valence-corrected chi connectivity index (χ4v) is 4.48. The third kappa shape index (κ3) is 4.59. The van der Waals surface area contributed by atoms with Crippen molar-refractivity contribution in [3.8, 4) is 17.2 Å². The van der Waals surface area contributed by atoms with Crippen LogP contribution in [0.5, 0.6) is 11.5 Å². The lowest BCUT2D eigenvalue weighted by molar-refractivity contribution is -0.117. The summed E-state index contributed by atoms with van der Waals surface area (Å²) in [4.78, 5) is 29.9. The first-order valence-corrected chi connectivity index (χ1v) is 12.0. The summed E-state index contributed by atoms with van der Waals surface area (Å²) >= 11 is 0. The van der Waals surface area contributed by atoms with E-state index in [1.165, 1.54) is 0 Å².